The number of hydrogen-bond acceptors (Lipinski definition) is 5. The molecule has 2 saturated heterocycles. The molecule has 0 bridgehead atoms. The lowest BCUT2D eigenvalue weighted by Crippen LogP contribution is -2.47. The zero-order valence-corrected chi connectivity index (χ0v) is 13.9. The minimum atomic E-state index is -0.00704. The van der Waals surface area contributed by atoms with Crippen LogP contribution in [0.5, 0.6) is 0 Å². The second-order valence-corrected chi connectivity index (χ2v) is 6.93. The van der Waals surface area contributed by atoms with E-state index in [1.807, 2.05) is 0 Å². The normalized spacial score (nSPS) is 27.4. The van der Waals surface area contributed by atoms with Gasteiger partial charge < -0.3 is 10.1 Å². The van der Waals surface area contributed by atoms with E-state index >= 15 is 0 Å². The van der Waals surface area contributed by atoms with Crippen LogP contribution in [0, 0.1) is 0 Å². The number of likely N-dealkylation sites (tertiary alicyclic amines) is 1. The van der Waals surface area contributed by atoms with Gasteiger partial charge in [-0.25, -0.2) is 4.98 Å². The summed E-state index contributed by atoms with van der Waals surface area (Å²) in [6.07, 6.45) is 8.57. The van der Waals surface area contributed by atoms with Gasteiger partial charge in [-0.1, -0.05) is 30.3 Å². The summed E-state index contributed by atoms with van der Waals surface area (Å²) in [7, 11) is 0. The van der Waals surface area contributed by atoms with Crippen LogP contribution in [0.2, 0.25) is 0 Å². The maximum Gasteiger partial charge on any atom is 0.144 e. The standard InChI is InChI=1S/C19H24N4O/c1-2-5-16(6-3-1)13-23-10-4-7-19(15-23)11-17(14-24-19)22-18-12-20-8-9-21-18/h1-3,5-6,8-9,12,17H,4,7,10-11,13-15H2,(H,21,22)/t17-,19+/m1/s1. The second kappa shape index (κ2) is 6.87. The molecular weight excluding hydrogens is 300 g/mol. The van der Waals surface area contributed by atoms with E-state index in [9.17, 15) is 0 Å². The number of piperidine rings is 1. The molecule has 4 rings (SSSR count). The molecule has 1 spiro atoms. The van der Waals surface area contributed by atoms with Gasteiger partial charge in [-0.3, -0.25) is 9.88 Å². The van der Waals surface area contributed by atoms with Crippen LogP contribution in [-0.2, 0) is 11.3 Å². The molecule has 0 aliphatic carbocycles. The van der Waals surface area contributed by atoms with Crippen molar-refractivity contribution >= 4 is 5.82 Å². The Balaban J connectivity index is 1.37. The highest BCUT2D eigenvalue weighted by atomic mass is 16.5. The van der Waals surface area contributed by atoms with E-state index in [1.165, 1.54) is 12.0 Å². The third-order valence-corrected chi connectivity index (χ3v) is 4.99. The molecule has 1 aromatic heterocycles. The molecule has 5 heteroatoms. The average molecular weight is 324 g/mol. The quantitative estimate of drug-likeness (QED) is 0.937. The third-order valence-electron chi connectivity index (χ3n) is 4.99. The molecule has 1 N–H and O–H groups in total. The first kappa shape index (κ1) is 15.5. The van der Waals surface area contributed by atoms with Gasteiger partial charge in [0.25, 0.3) is 0 Å². The van der Waals surface area contributed by atoms with Crippen LogP contribution in [0.25, 0.3) is 0 Å². The van der Waals surface area contributed by atoms with Crippen molar-refractivity contribution in [1.82, 2.24) is 14.9 Å². The highest BCUT2D eigenvalue weighted by molar-refractivity contribution is 5.32. The van der Waals surface area contributed by atoms with E-state index in [0.29, 0.717) is 6.04 Å². The van der Waals surface area contributed by atoms with Crippen LogP contribution in [0.1, 0.15) is 24.8 Å². The lowest BCUT2D eigenvalue weighted by molar-refractivity contribution is -0.0533. The molecule has 0 saturated carbocycles. The molecule has 5 nitrogen and oxygen atoms in total. The summed E-state index contributed by atoms with van der Waals surface area (Å²) in [5.41, 5.74) is 1.37. The van der Waals surface area contributed by atoms with E-state index in [-0.39, 0.29) is 5.60 Å². The van der Waals surface area contributed by atoms with Crippen molar-refractivity contribution in [3.05, 3.63) is 54.5 Å². The molecule has 0 unspecified atom stereocenters. The number of rotatable bonds is 4. The van der Waals surface area contributed by atoms with Crippen LogP contribution in [0.3, 0.4) is 0 Å². The summed E-state index contributed by atoms with van der Waals surface area (Å²) in [5.74, 6) is 0.833. The van der Waals surface area contributed by atoms with Gasteiger partial charge in [-0.15, -0.1) is 0 Å². The summed E-state index contributed by atoms with van der Waals surface area (Å²) in [6, 6.07) is 11.0. The number of hydrogen-bond donors (Lipinski definition) is 1. The molecule has 2 fully saturated rings. The summed E-state index contributed by atoms with van der Waals surface area (Å²) in [6.45, 7) is 3.92. The number of nitrogens with one attached hydrogen (secondary N) is 1. The largest absolute Gasteiger partial charge is 0.371 e. The fraction of sp³-hybridized carbons (Fsp3) is 0.474. The Morgan fingerprint density at radius 3 is 3.00 bits per heavy atom. The first-order valence-corrected chi connectivity index (χ1v) is 8.74. The minimum Gasteiger partial charge on any atom is -0.371 e. The highest BCUT2D eigenvalue weighted by Gasteiger charge is 2.43. The van der Waals surface area contributed by atoms with Crippen LogP contribution in [0.4, 0.5) is 5.82 Å². The second-order valence-electron chi connectivity index (χ2n) is 6.93. The van der Waals surface area contributed by atoms with Crippen molar-refractivity contribution in [2.24, 2.45) is 0 Å². The Morgan fingerprint density at radius 2 is 2.17 bits per heavy atom. The Kier molecular flexibility index (Phi) is 4.45. The number of nitrogens with zero attached hydrogens (tertiary/aromatic N) is 3. The lowest BCUT2D eigenvalue weighted by atomic mass is 9.88. The van der Waals surface area contributed by atoms with Crippen molar-refractivity contribution in [3.8, 4) is 0 Å². The zero-order chi connectivity index (χ0) is 16.2. The van der Waals surface area contributed by atoms with E-state index in [2.05, 4.69) is 50.5 Å². The van der Waals surface area contributed by atoms with Gasteiger partial charge in [-0.05, 0) is 24.9 Å². The van der Waals surface area contributed by atoms with Crippen molar-refractivity contribution in [2.45, 2.75) is 37.5 Å². The smallest absolute Gasteiger partial charge is 0.144 e. The van der Waals surface area contributed by atoms with Crippen LogP contribution in [-0.4, -0.2) is 46.2 Å². The van der Waals surface area contributed by atoms with Gasteiger partial charge in [0.2, 0.25) is 0 Å². The van der Waals surface area contributed by atoms with Crippen LogP contribution >= 0.6 is 0 Å². The van der Waals surface area contributed by atoms with Gasteiger partial charge in [0.15, 0.2) is 0 Å². The molecule has 126 valence electrons. The molecule has 2 aromatic rings. The van der Waals surface area contributed by atoms with E-state index in [0.717, 1.165) is 44.9 Å². The SMILES string of the molecule is c1ccc(CN2CCC[C@]3(C[C@@H](Nc4cnccn4)CO3)C2)cc1. The monoisotopic (exact) mass is 324 g/mol. The Morgan fingerprint density at radius 1 is 1.25 bits per heavy atom. The molecule has 0 amide bonds. The summed E-state index contributed by atoms with van der Waals surface area (Å²) < 4.78 is 6.28. The van der Waals surface area contributed by atoms with Gasteiger partial charge in [0, 0.05) is 31.9 Å². The van der Waals surface area contributed by atoms with Crippen molar-refractivity contribution in [2.75, 3.05) is 25.0 Å². The van der Waals surface area contributed by atoms with E-state index in [4.69, 9.17) is 4.74 Å². The molecule has 24 heavy (non-hydrogen) atoms. The molecule has 2 aliphatic rings. The maximum absolute atomic E-state index is 6.28. The predicted molar refractivity (Wildman–Crippen MR) is 93.7 cm³/mol. The fourth-order valence-electron chi connectivity index (χ4n) is 3.97. The average Bonchev–Trinajstić information content (AvgIpc) is 2.98. The molecule has 3 heterocycles. The fourth-order valence-corrected chi connectivity index (χ4v) is 3.97. The van der Waals surface area contributed by atoms with Crippen molar-refractivity contribution in [1.29, 1.82) is 0 Å². The molecule has 2 aliphatic heterocycles. The summed E-state index contributed by atoms with van der Waals surface area (Å²) >= 11 is 0. The number of anilines is 1. The number of aromatic nitrogens is 2. The topological polar surface area (TPSA) is 50.3 Å². The molecule has 0 radical (unpaired) electrons. The zero-order valence-electron chi connectivity index (χ0n) is 13.9. The molecular formula is C19H24N4O. The lowest BCUT2D eigenvalue weighted by Gasteiger charge is -2.39. The van der Waals surface area contributed by atoms with E-state index in [1.54, 1.807) is 18.6 Å². The van der Waals surface area contributed by atoms with Crippen LogP contribution < -0.4 is 5.32 Å². The van der Waals surface area contributed by atoms with Gasteiger partial charge in [-0.2, -0.15) is 0 Å². The molecule has 1 aromatic carbocycles. The Hall–Kier alpha value is -1.98. The number of ether oxygens (including phenoxy) is 1. The molecule has 2 atom stereocenters. The number of benzene rings is 1. The first-order chi connectivity index (χ1) is 11.8. The predicted octanol–water partition coefficient (Wildman–Crippen LogP) is 2.71. The van der Waals surface area contributed by atoms with Crippen molar-refractivity contribution in [3.63, 3.8) is 0 Å². The minimum absolute atomic E-state index is 0.00704. The van der Waals surface area contributed by atoms with Gasteiger partial charge in [0.05, 0.1) is 24.4 Å². The Labute approximate surface area is 143 Å². The Bertz CT molecular complexity index is 651. The van der Waals surface area contributed by atoms with E-state index < -0.39 is 0 Å². The van der Waals surface area contributed by atoms with Crippen LogP contribution in [0.15, 0.2) is 48.9 Å². The first-order valence-electron chi connectivity index (χ1n) is 8.74. The summed E-state index contributed by atoms with van der Waals surface area (Å²) in [5, 5.41) is 3.46. The third kappa shape index (κ3) is 3.57. The van der Waals surface area contributed by atoms with Gasteiger partial charge >= 0.3 is 0 Å². The maximum atomic E-state index is 6.28. The highest BCUT2D eigenvalue weighted by Crippen LogP contribution is 2.36. The summed E-state index contributed by atoms with van der Waals surface area (Å²) in [4.78, 5) is 11.0. The van der Waals surface area contributed by atoms with Gasteiger partial charge in [0.1, 0.15) is 5.82 Å². The van der Waals surface area contributed by atoms with Crippen molar-refractivity contribution < 1.29 is 4.74 Å².